The lowest BCUT2D eigenvalue weighted by molar-refractivity contribution is -0.116. The van der Waals surface area contributed by atoms with Crippen molar-refractivity contribution >= 4 is 40.8 Å². The molecule has 0 saturated carbocycles. The zero-order valence-corrected chi connectivity index (χ0v) is 16.2. The van der Waals surface area contributed by atoms with Crippen LogP contribution < -0.4 is 25.8 Å². The van der Waals surface area contributed by atoms with Crippen LogP contribution in [0.1, 0.15) is 18.0 Å². The Labute approximate surface area is 166 Å². The third kappa shape index (κ3) is 5.42. The Hall–Kier alpha value is -2.64. The lowest BCUT2D eigenvalue weighted by Crippen LogP contribution is -2.35. The number of hydrogen-bond donors (Lipinski definition) is 3. The molecule has 2 aromatic rings. The number of halogens is 2. The molecule has 1 atom stereocenters. The number of hydrogen-bond acceptors (Lipinski definition) is 4. The van der Waals surface area contributed by atoms with E-state index in [4.69, 9.17) is 38.4 Å². The zero-order chi connectivity index (χ0) is 20.0. The zero-order valence-electron chi connectivity index (χ0n) is 14.7. The van der Waals surface area contributed by atoms with Crippen molar-refractivity contribution in [3.63, 3.8) is 0 Å². The van der Waals surface area contributed by atoms with Gasteiger partial charge in [-0.25, -0.2) is 4.79 Å². The lowest BCUT2D eigenvalue weighted by Gasteiger charge is -2.19. The molecule has 0 heterocycles. The second-order valence-electron chi connectivity index (χ2n) is 5.52. The topological polar surface area (TPSA) is 103 Å². The molecular formula is C18H19Cl2N3O4. The monoisotopic (exact) mass is 411 g/mol. The van der Waals surface area contributed by atoms with Gasteiger partial charge in [-0.15, -0.1) is 0 Å². The molecular weight excluding hydrogens is 393 g/mol. The molecule has 7 nitrogen and oxygen atoms in total. The van der Waals surface area contributed by atoms with Crippen LogP contribution in [0.5, 0.6) is 11.5 Å². The van der Waals surface area contributed by atoms with Crippen LogP contribution in [0.2, 0.25) is 10.0 Å². The maximum atomic E-state index is 12.5. The number of rotatable bonds is 7. The quantitative estimate of drug-likeness (QED) is 0.645. The number of nitrogens with two attached hydrogens (primary N) is 1. The molecule has 3 amide bonds. The summed E-state index contributed by atoms with van der Waals surface area (Å²) in [6.07, 6.45) is -0.0999. The van der Waals surface area contributed by atoms with Gasteiger partial charge in [0, 0.05) is 17.2 Å². The van der Waals surface area contributed by atoms with Gasteiger partial charge in [0.25, 0.3) is 0 Å². The fourth-order valence-corrected chi connectivity index (χ4v) is 2.97. The van der Waals surface area contributed by atoms with E-state index in [9.17, 15) is 9.59 Å². The first-order valence-electron chi connectivity index (χ1n) is 7.87. The Morgan fingerprint density at radius 1 is 1.07 bits per heavy atom. The smallest absolute Gasteiger partial charge is 0.312 e. The third-order valence-corrected chi connectivity index (χ3v) is 4.39. The Bertz CT molecular complexity index is 845. The highest BCUT2D eigenvalue weighted by atomic mass is 35.5. The van der Waals surface area contributed by atoms with E-state index in [0.717, 1.165) is 0 Å². The minimum absolute atomic E-state index is 0.0999. The van der Waals surface area contributed by atoms with Gasteiger partial charge in [0.15, 0.2) is 11.5 Å². The van der Waals surface area contributed by atoms with Gasteiger partial charge in [0.1, 0.15) is 0 Å². The highest BCUT2D eigenvalue weighted by Gasteiger charge is 2.21. The first kappa shape index (κ1) is 20.7. The van der Waals surface area contributed by atoms with Gasteiger partial charge in [0.2, 0.25) is 5.91 Å². The number of urea groups is 1. The number of nitrogens with one attached hydrogen (secondary N) is 2. The van der Waals surface area contributed by atoms with Crippen LogP contribution in [-0.2, 0) is 4.79 Å². The van der Waals surface area contributed by atoms with E-state index < -0.39 is 18.0 Å². The van der Waals surface area contributed by atoms with Crippen molar-refractivity contribution in [1.82, 2.24) is 5.32 Å². The van der Waals surface area contributed by atoms with Crippen LogP contribution in [0.25, 0.3) is 0 Å². The van der Waals surface area contributed by atoms with Crippen LogP contribution in [0.15, 0.2) is 36.4 Å². The van der Waals surface area contributed by atoms with E-state index >= 15 is 0 Å². The minimum atomic E-state index is -0.767. The van der Waals surface area contributed by atoms with Crippen molar-refractivity contribution < 1.29 is 19.1 Å². The summed E-state index contributed by atoms with van der Waals surface area (Å²) in [7, 11) is 2.96. The second-order valence-corrected chi connectivity index (χ2v) is 6.34. The van der Waals surface area contributed by atoms with Gasteiger partial charge in [-0.2, -0.15) is 0 Å². The van der Waals surface area contributed by atoms with E-state index in [0.29, 0.717) is 27.8 Å². The van der Waals surface area contributed by atoms with Crippen molar-refractivity contribution in [2.45, 2.75) is 12.5 Å². The molecule has 0 unspecified atom stereocenters. The maximum absolute atomic E-state index is 12.5. The van der Waals surface area contributed by atoms with Crippen LogP contribution in [-0.4, -0.2) is 26.2 Å². The standard InChI is InChI=1S/C18H19Cl2N3O4/c1-26-15-7-12(20)14(8-16(15)27-2)22-17(24)9-13(23-18(21)25)10-5-3-4-6-11(10)19/h3-8,13H,9H2,1-2H3,(H,22,24)(H3,21,23,25)/t13-/m1/s1. The summed E-state index contributed by atoms with van der Waals surface area (Å²) in [6.45, 7) is 0. The SMILES string of the molecule is COc1cc(Cl)c(NC(=O)C[C@@H](NC(N)=O)c2ccccc2Cl)cc1OC. The van der Waals surface area contributed by atoms with Gasteiger partial charge in [-0.3, -0.25) is 4.79 Å². The Kier molecular flexibility index (Phi) is 7.15. The molecule has 0 aliphatic heterocycles. The van der Waals surface area contributed by atoms with Gasteiger partial charge >= 0.3 is 6.03 Å². The number of anilines is 1. The molecule has 0 aromatic heterocycles. The van der Waals surface area contributed by atoms with Crippen molar-refractivity contribution in [1.29, 1.82) is 0 Å². The number of ether oxygens (including phenoxy) is 2. The summed E-state index contributed by atoms with van der Waals surface area (Å²) in [5.41, 5.74) is 6.15. The number of carbonyl (C=O) groups excluding carboxylic acids is 2. The molecule has 144 valence electrons. The van der Waals surface area contributed by atoms with E-state index in [2.05, 4.69) is 10.6 Å². The predicted octanol–water partition coefficient (Wildman–Crippen LogP) is 3.75. The molecule has 4 N–H and O–H groups in total. The van der Waals surface area contributed by atoms with Crippen LogP contribution in [0.4, 0.5) is 10.5 Å². The van der Waals surface area contributed by atoms with E-state index in [1.165, 1.54) is 20.3 Å². The summed E-state index contributed by atoms with van der Waals surface area (Å²) in [4.78, 5) is 23.8. The Morgan fingerprint density at radius 2 is 1.70 bits per heavy atom. The van der Waals surface area contributed by atoms with Gasteiger partial charge < -0.3 is 25.8 Å². The van der Waals surface area contributed by atoms with Crippen molar-refractivity contribution in [2.75, 3.05) is 19.5 Å². The average molecular weight is 412 g/mol. The number of methoxy groups -OCH3 is 2. The molecule has 0 bridgehead atoms. The first-order chi connectivity index (χ1) is 12.8. The van der Waals surface area contributed by atoms with Crippen LogP contribution in [0, 0.1) is 0 Å². The van der Waals surface area contributed by atoms with Crippen LogP contribution in [0.3, 0.4) is 0 Å². The van der Waals surface area contributed by atoms with E-state index in [-0.39, 0.29) is 11.4 Å². The van der Waals surface area contributed by atoms with Gasteiger partial charge in [-0.05, 0) is 11.6 Å². The highest BCUT2D eigenvalue weighted by Crippen LogP contribution is 2.36. The third-order valence-electron chi connectivity index (χ3n) is 3.73. The molecule has 27 heavy (non-hydrogen) atoms. The molecule has 0 fully saturated rings. The molecule has 0 aliphatic rings. The molecule has 2 aromatic carbocycles. The number of primary amides is 1. The normalized spacial score (nSPS) is 11.4. The van der Waals surface area contributed by atoms with Crippen molar-refractivity contribution in [3.05, 3.63) is 52.0 Å². The molecule has 0 aliphatic carbocycles. The summed E-state index contributed by atoms with van der Waals surface area (Å²) >= 11 is 12.4. The summed E-state index contributed by atoms with van der Waals surface area (Å²) in [6, 6.07) is 8.48. The largest absolute Gasteiger partial charge is 0.493 e. The van der Waals surface area contributed by atoms with Gasteiger partial charge in [0.05, 0.1) is 37.4 Å². The fourth-order valence-electron chi connectivity index (χ4n) is 2.50. The number of carbonyl (C=O) groups is 2. The average Bonchev–Trinajstić information content (AvgIpc) is 2.62. The maximum Gasteiger partial charge on any atom is 0.312 e. The summed E-state index contributed by atoms with van der Waals surface area (Å²) in [5.74, 6) is 0.447. The number of amides is 3. The van der Waals surface area contributed by atoms with E-state index in [1.807, 2.05) is 0 Å². The minimum Gasteiger partial charge on any atom is -0.493 e. The molecule has 0 radical (unpaired) electrons. The first-order valence-corrected chi connectivity index (χ1v) is 8.63. The molecule has 2 rings (SSSR count). The second kappa shape index (κ2) is 9.34. The van der Waals surface area contributed by atoms with E-state index in [1.54, 1.807) is 30.3 Å². The van der Waals surface area contributed by atoms with Crippen LogP contribution >= 0.6 is 23.2 Å². The number of benzene rings is 2. The molecule has 0 saturated heterocycles. The molecule has 9 heteroatoms. The lowest BCUT2D eigenvalue weighted by atomic mass is 10.0. The Morgan fingerprint density at radius 3 is 2.30 bits per heavy atom. The summed E-state index contributed by atoms with van der Waals surface area (Å²) in [5, 5.41) is 5.90. The predicted molar refractivity (Wildman–Crippen MR) is 105 cm³/mol. The summed E-state index contributed by atoms with van der Waals surface area (Å²) < 4.78 is 10.4. The Balaban J connectivity index is 2.21. The van der Waals surface area contributed by atoms with Crippen molar-refractivity contribution in [3.8, 4) is 11.5 Å². The highest BCUT2D eigenvalue weighted by molar-refractivity contribution is 6.34. The molecule has 0 spiro atoms. The fraction of sp³-hybridized carbons (Fsp3) is 0.222. The van der Waals surface area contributed by atoms with Gasteiger partial charge in [-0.1, -0.05) is 41.4 Å². The van der Waals surface area contributed by atoms with Crippen molar-refractivity contribution in [2.24, 2.45) is 5.73 Å².